The number of benzene rings is 1. The lowest BCUT2D eigenvalue weighted by molar-refractivity contribution is -0.136. The fraction of sp³-hybridized carbons (Fsp3) is 0.571. The minimum atomic E-state index is -0.677. The Hall–Kier alpha value is -2.28. The van der Waals surface area contributed by atoms with Gasteiger partial charge < -0.3 is 19.9 Å². The molecule has 1 aromatic rings. The van der Waals surface area contributed by atoms with Crippen molar-refractivity contribution in [2.24, 2.45) is 5.92 Å². The van der Waals surface area contributed by atoms with E-state index in [1.165, 1.54) is 0 Å². The summed E-state index contributed by atoms with van der Waals surface area (Å²) in [4.78, 5) is 41.1. The number of nitrogens with one attached hydrogen (secondary N) is 1. The number of carbonyl (C=O) groups excluding carboxylic acids is 3. The lowest BCUT2D eigenvalue weighted by Crippen LogP contribution is -2.57. The number of carbonyl (C=O) groups is 3. The molecule has 3 amide bonds. The molecule has 1 saturated heterocycles. The van der Waals surface area contributed by atoms with Crippen LogP contribution in [0, 0.1) is 5.92 Å². The van der Waals surface area contributed by atoms with E-state index in [1.807, 2.05) is 13.8 Å². The largest absolute Gasteiger partial charge is 0.444 e. The van der Waals surface area contributed by atoms with Crippen molar-refractivity contribution in [3.8, 4) is 0 Å². The van der Waals surface area contributed by atoms with Gasteiger partial charge in [0.05, 0.1) is 0 Å². The maximum absolute atomic E-state index is 13.0. The third-order valence-electron chi connectivity index (χ3n) is 4.57. The molecular formula is C21H30ClN3O4. The number of nitrogens with zero attached hydrogens (tertiary/aromatic N) is 2. The van der Waals surface area contributed by atoms with Gasteiger partial charge in [-0.2, -0.15) is 0 Å². The van der Waals surface area contributed by atoms with Crippen LogP contribution in [0.25, 0.3) is 0 Å². The summed E-state index contributed by atoms with van der Waals surface area (Å²) in [5, 5.41) is 3.27. The number of hydrogen-bond acceptors (Lipinski definition) is 4. The van der Waals surface area contributed by atoms with Crippen LogP contribution < -0.4 is 5.32 Å². The molecule has 0 aliphatic carbocycles. The Morgan fingerprint density at radius 2 is 1.52 bits per heavy atom. The van der Waals surface area contributed by atoms with Crippen molar-refractivity contribution >= 4 is 29.5 Å². The average Bonchev–Trinajstić information content (AvgIpc) is 2.64. The molecule has 0 radical (unpaired) electrons. The molecule has 1 aliphatic rings. The molecular weight excluding hydrogens is 394 g/mol. The normalized spacial score (nSPS) is 15.8. The smallest absolute Gasteiger partial charge is 0.408 e. The number of halogens is 1. The fourth-order valence-corrected chi connectivity index (χ4v) is 3.18. The minimum Gasteiger partial charge on any atom is -0.444 e. The average molecular weight is 424 g/mol. The van der Waals surface area contributed by atoms with Crippen molar-refractivity contribution in [3.63, 3.8) is 0 Å². The van der Waals surface area contributed by atoms with E-state index in [-0.39, 0.29) is 17.7 Å². The minimum absolute atomic E-state index is 0.0824. The van der Waals surface area contributed by atoms with E-state index in [9.17, 15) is 14.4 Å². The molecule has 1 aliphatic heterocycles. The van der Waals surface area contributed by atoms with E-state index >= 15 is 0 Å². The van der Waals surface area contributed by atoms with Crippen molar-refractivity contribution in [2.75, 3.05) is 26.2 Å². The van der Waals surface area contributed by atoms with Crippen molar-refractivity contribution in [1.82, 2.24) is 15.1 Å². The molecule has 0 spiro atoms. The molecule has 7 nitrogen and oxygen atoms in total. The predicted molar refractivity (Wildman–Crippen MR) is 112 cm³/mol. The molecule has 29 heavy (non-hydrogen) atoms. The number of ether oxygens (including phenoxy) is 1. The van der Waals surface area contributed by atoms with Gasteiger partial charge in [0.1, 0.15) is 11.6 Å². The second-order valence-electron chi connectivity index (χ2n) is 8.49. The van der Waals surface area contributed by atoms with Crippen LogP contribution in [0.2, 0.25) is 5.02 Å². The summed E-state index contributed by atoms with van der Waals surface area (Å²) in [6.45, 7) is 10.8. The molecule has 1 heterocycles. The van der Waals surface area contributed by atoms with Crippen LogP contribution in [0.4, 0.5) is 4.79 Å². The summed E-state index contributed by atoms with van der Waals surface area (Å²) >= 11 is 5.87. The van der Waals surface area contributed by atoms with Gasteiger partial charge in [0.2, 0.25) is 5.91 Å². The zero-order valence-electron chi connectivity index (χ0n) is 17.7. The van der Waals surface area contributed by atoms with Crippen LogP contribution in [0.1, 0.15) is 45.0 Å². The van der Waals surface area contributed by atoms with Gasteiger partial charge in [-0.1, -0.05) is 25.4 Å². The number of rotatable bonds is 4. The molecule has 160 valence electrons. The van der Waals surface area contributed by atoms with Gasteiger partial charge in [-0.25, -0.2) is 4.79 Å². The van der Waals surface area contributed by atoms with Crippen molar-refractivity contribution < 1.29 is 19.1 Å². The third-order valence-corrected chi connectivity index (χ3v) is 4.83. The summed E-state index contributed by atoms with van der Waals surface area (Å²) in [6.07, 6.45) is -0.610. The summed E-state index contributed by atoms with van der Waals surface area (Å²) in [5.41, 5.74) is -0.0664. The number of alkyl carbamates (subject to hydrolysis) is 1. The Morgan fingerprint density at radius 3 is 2.00 bits per heavy atom. The SMILES string of the molecule is CC(C)[C@H](NC(=O)OC(C)(C)C)C(=O)N1CCN(C(=O)c2ccc(Cl)cc2)CC1. The molecule has 1 fully saturated rings. The Morgan fingerprint density at radius 1 is 1.00 bits per heavy atom. The van der Waals surface area contributed by atoms with Crippen LogP contribution >= 0.6 is 11.6 Å². The highest BCUT2D eigenvalue weighted by Crippen LogP contribution is 2.15. The highest BCUT2D eigenvalue weighted by atomic mass is 35.5. The van der Waals surface area contributed by atoms with Crippen molar-refractivity contribution in [3.05, 3.63) is 34.9 Å². The summed E-state index contributed by atoms with van der Waals surface area (Å²) in [6, 6.07) is 6.08. The highest BCUT2D eigenvalue weighted by Gasteiger charge is 2.33. The summed E-state index contributed by atoms with van der Waals surface area (Å²) in [5.74, 6) is -0.339. The van der Waals surface area contributed by atoms with Gasteiger partial charge in [0, 0.05) is 36.8 Å². The molecule has 0 unspecified atom stereocenters. The Balaban J connectivity index is 1.95. The first-order chi connectivity index (χ1) is 13.5. The Bertz CT molecular complexity index is 735. The van der Waals surface area contributed by atoms with Crippen LogP contribution in [0.5, 0.6) is 0 Å². The van der Waals surface area contributed by atoms with Gasteiger partial charge in [-0.3, -0.25) is 9.59 Å². The first-order valence-corrected chi connectivity index (χ1v) is 10.2. The quantitative estimate of drug-likeness (QED) is 0.806. The van der Waals surface area contributed by atoms with Gasteiger partial charge in [-0.15, -0.1) is 0 Å². The fourth-order valence-electron chi connectivity index (χ4n) is 3.05. The molecule has 0 saturated carbocycles. The van der Waals surface area contributed by atoms with Gasteiger partial charge >= 0.3 is 6.09 Å². The first kappa shape index (κ1) is 23.0. The van der Waals surface area contributed by atoms with E-state index in [0.717, 1.165) is 0 Å². The van der Waals surface area contributed by atoms with Crippen LogP contribution in [0.15, 0.2) is 24.3 Å². The standard InChI is InChI=1S/C21H30ClN3O4/c1-14(2)17(23-20(28)29-21(3,4)5)19(27)25-12-10-24(11-13-25)18(26)15-6-8-16(22)9-7-15/h6-9,14,17H,10-13H2,1-5H3,(H,23,28)/t17-/m0/s1. The lowest BCUT2D eigenvalue weighted by Gasteiger charge is -2.37. The number of hydrogen-bond donors (Lipinski definition) is 1. The molecule has 0 aromatic heterocycles. The maximum Gasteiger partial charge on any atom is 0.408 e. The van der Waals surface area contributed by atoms with Gasteiger partial charge in [-0.05, 0) is 51.0 Å². The first-order valence-electron chi connectivity index (χ1n) is 9.81. The highest BCUT2D eigenvalue weighted by molar-refractivity contribution is 6.30. The van der Waals surface area contributed by atoms with Crippen LogP contribution in [-0.4, -0.2) is 65.5 Å². The Kier molecular flexibility index (Phi) is 7.52. The third kappa shape index (κ3) is 6.63. The van der Waals surface area contributed by atoms with E-state index in [0.29, 0.717) is 36.8 Å². The lowest BCUT2D eigenvalue weighted by atomic mass is 10.0. The molecule has 1 N–H and O–H groups in total. The zero-order chi connectivity index (χ0) is 21.8. The molecule has 2 rings (SSSR count). The van der Waals surface area contributed by atoms with E-state index < -0.39 is 17.7 Å². The predicted octanol–water partition coefficient (Wildman–Crippen LogP) is 3.17. The van der Waals surface area contributed by atoms with Crippen LogP contribution in [-0.2, 0) is 9.53 Å². The van der Waals surface area contributed by atoms with E-state index in [1.54, 1.807) is 54.8 Å². The van der Waals surface area contributed by atoms with Gasteiger partial charge in [0.15, 0.2) is 0 Å². The Labute approximate surface area is 177 Å². The molecule has 1 atom stereocenters. The van der Waals surface area contributed by atoms with E-state index in [2.05, 4.69) is 5.32 Å². The van der Waals surface area contributed by atoms with Gasteiger partial charge in [0.25, 0.3) is 5.91 Å². The van der Waals surface area contributed by atoms with Crippen molar-refractivity contribution in [1.29, 1.82) is 0 Å². The van der Waals surface area contributed by atoms with Crippen molar-refractivity contribution in [2.45, 2.75) is 46.3 Å². The monoisotopic (exact) mass is 423 g/mol. The van der Waals surface area contributed by atoms with Crippen LogP contribution in [0.3, 0.4) is 0 Å². The number of piperazine rings is 1. The molecule has 0 bridgehead atoms. The van der Waals surface area contributed by atoms with E-state index in [4.69, 9.17) is 16.3 Å². The second kappa shape index (κ2) is 9.48. The summed E-state index contributed by atoms with van der Waals surface area (Å²) in [7, 11) is 0. The topological polar surface area (TPSA) is 79.0 Å². The molecule has 8 heteroatoms. The number of amides is 3. The molecule has 1 aromatic carbocycles. The zero-order valence-corrected chi connectivity index (χ0v) is 18.5. The second-order valence-corrected chi connectivity index (χ2v) is 8.93. The summed E-state index contributed by atoms with van der Waals surface area (Å²) < 4.78 is 5.28. The maximum atomic E-state index is 13.0.